The molecule has 0 unspecified atom stereocenters. The standard InChI is InChI=1S/C20H25NO3/c1-16-8-13-20(19(15-22)21-16)24-14-6-4-3-5-7-17-9-11-18(23-2)12-10-17/h8-13,15H,3-7,14H2,1-2H3. The molecule has 4 nitrogen and oxygen atoms in total. The van der Waals surface area contributed by atoms with E-state index in [4.69, 9.17) is 9.47 Å². The van der Waals surface area contributed by atoms with Gasteiger partial charge >= 0.3 is 0 Å². The fraction of sp³-hybridized carbons (Fsp3) is 0.400. The molecular weight excluding hydrogens is 302 g/mol. The van der Waals surface area contributed by atoms with Gasteiger partial charge in [0.1, 0.15) is 17.2 Å². The second-order valence-corrected chi connectivity index (χ2v) is 5.81. The Balaban J connectivity index is 1.60. The zero-order chi connectivity index (χ0) is 17.2. The highest BCUT2D eigenvalue weighted by Gasteiger charge is 2.04. The number of benzene rings is 1. The van der Waals surface area contributed by atoms with E-state index in [-0.39, 0.29) is 0 Å². The topological polar surface area (TPSA) is 48.4 Å². The molecule has 1 aromatic heterocycles. The molecule has 128 valence electrons. The summed E-state index contributed by atoms with van der Waals surface area (Å²) in [7, 11) is 1.68. The first-order valence-corrected chi connectivity index (χ1v) is 8.41. The number of hydrogen-bond donors (Lipinski definition) is 0. The highest BCUT2D eigenvalue weighted by Crippen LogP contribution is 2.16. The Labute approximate surface area is 143 Å². The Morgan fingerprint density at radius 1 is 1.00 bits per heavy atom. The zero-order valence-electron chi connectivity index (χ0n) is 14.5. The number of carbonyl (C=O) groups is 1. The number of carbonyl (C=O) groups excluding carboxylic acids is 1. The van der Waals surface area contributed by atoms with E-state index in [0.29, 0.717) is 18.1 Å². The lowest BCUT2D eigenvalue weighted by Crippen LogP contribution is -2.02. The third-order valence-electron chi connectivity index (χ3n) is 3.91. The lowest BCUT2D eigenvalue weighted by atomic mass is 10.1. The molecule has 0 amide bonds. The van der Waals surface area contributed by atoms with Gasteiger partial charge in [0.2, 0.25) is 0 Å². The Kier molecular flexibility index (Phi) is 7.27. The van der Waals surface area contributed by atoms with Crippen molar-refractivity contribution < 1.29 is 14.3 Å². The molecule has 0 saturated heterocycles. The van der Waals surface area contributed by atoms with E-state index in [1.54, 1.807) is 7.11 Å². The number of rotatable bonds is 10. The van der Waals surface area contributed by atoms with Gasteiger partial charge in [-0.25, -0.2) is 4.98 Å². The fourth-order valence-electron chi connectivity index (χ4n) is 2.53. The van der Waals surface area contributed by atoms with E-state index in [1.165, 1.54) is 12.0 Å². The minimum Gasteiger partial charge on any atom is -0.497 e. The van der Waals surface area contributed by atoms with Crippen LogP contribution in [-0.4, -0.2) is 25.0 Å². The van der Waals surface area contributed by atoms with E-state index in [2.05, 4.69) is 17.1 Å². The summed E-state index contributed by atoms with van der Waals surface area (Å²) in [6.45, 7) is 2.48. The number of unbranched alkanes of at least 4 members (excludes halogenated alkanes) is 3. The van der Waals surface area contributed by atoms with Gasteiger partial charge in [-0.15, -0.1) is 0 Å². The second-order valence-electron chi connectivity index (χ2n) is 5.81. The summed E-state index contributed by atoms with van der Waals surface area (Å²) in [5.41, 5.74) is 2.55. The van der Waals surface area contributed by atoms with Crippen molar-refractivity contribution in [2.24, 2.45) is 0 Å². The first kappa shape index (κ1) is 18.0. The van der Waals surface area contributed by atoms with Gasteiger partial charge in [-0.1, -0.05) is 25.0 Å². The Morgan fingerprint density at radius 3 is 2.46 bits per heavy atom. The van der Waals surface area contributed by atoms with E-state index in [9.17, 15) is 4.79 Å². The van der Waals surface area contributed by atoms with Gasteiger partial charge in [0.15, 0.2) is 6.29 Å². The van der Waals surface area contributed by atoms with Crippen molar-refractivity contribution in [1.82, 2.24) is 4.98 Å². The number of aldehydes is 1. The Morgan fingerprint density at radius 2 is 1.75 bits per heavy atom. The highest BCUT2D eigenvalue weighted by atomic mass is 16.5. The average molecular weight is 327 g/mol. The Hall–Kier alpha value is -2.36. The summed E-state index contributed by atoms with van der Waals surface area (Å²) in [6, 6.07) is 11.9. The number of pyridine rings is 1. The molecular formula is C20H25NO3. The van der Waals surface area contributed by atoms with Gasteiger partial charge in [-0.2, -0.15) is 0 Å². The van der Waals surface area contributed by atoms with Crippen molar-refractivity contribution in [3.05, 3.63) is 53.3 Å². The molecule has 0 bridgehead atoms. The normalized spacial score (nSPS) is 10.4. The van der Waals surface area contributed by atoms with Crippen LogP contribution in [0.5, 0.6) is 11.5 Å². The molecule has 0 aliphatic heterocycles. The molecule has 0 N–H and O–H groups in total. The van der Waals surface area contributed by atoms with E-state index >= 15 is 0 Å². The summed E-state index contributed by atoms with van der Waals surface area (Å²) in [5.74, 6) is 1.48. The number of nitrogens with zero attached hydrogens (tertiary/aromatic N) is 1. The largest absolute Gasteiger partial charge is 0.497 e. The second kappa shape index (κ2) is 9.71. The van der Waals surface area contributed by atoms with E-state index < -0.39 is 0 Å². The SMILES string of the molecule is COc1ccc(CCCCCCOc2ccc(C)nc2C=O)cc1. The summed E-state index contributed by atoms with van der Waals surface area (Å²) in [5, 5.41) is 0. The third kappa shape index (κ3) is 5.69. The molecule has 0 saturated carbocycles. The van der Waals surface area contributed by atoms with E-state index in [0.717, 1.165) is 43.4 Å². The quantitative estimate of drug-likeness (QED) is 0.479. The van der Waals surface area contributed by atoms with Crippen LogP contribution >= 0.6 is 0 Å². The minimum atomic E-state index is 0.384. The predicted molar refractivity (Wildman–Crippen MR) is 95.0 cm³/mol. The molecule has 0 aliphatic rings. The molecule has 0 atom stereocenters. The monoisotopic (exact) mass is 327 g/mol. The predicted octanol–water partition coefficient (Wildman–Crippen LogP) is 4.39. The molecule has 24 heavy (non-hydrogen) atoms. The van der Waals surface area contributed by atoms with Crippen molar-refractivity contribution >= 4 is 6.29 Å². The van der Waals surface area contributed by atoms with Crippen molar-refractivity contribution in [1.29, 1.82) is 0 Å². The number of aryl methyl sites for hydroxylation is 2. The summed E-state index contributed by atoms with van der Waals surface area (Å²) >= 11 is 0. The number of hydrogen-bond acceptors (Lipinski definition) is 4. The summed E-state index contributed by atoms with van der Waals surface area (Å²) in [6.07, 6.45) is 6.26. The van der Waals surface area contributed by atoms with Gasteiger partial charge in [-0.3, -0.25) is 4.79 Å². The third-order valence-corrected chi connectivity index (χ3v) is 3.91. The first-order valence-electron chi connectivity index (χ1n) is 8.41. The van der Waals surface area contributed by atoms with Crippen LogP contribution in [0.2, 0.25) is 0 Å². The van der Waals surface area contributed by atoms with Gasteiger partial charge < -0.3 is 9.47 Å². The van der Waals surface area contributed by atoms with Crippen molar-refractivity contribution in [2.45, 2.75) is 39.0 Å². The van der Waals surface area contributed by atoms with Gasteiger partial charge in [0.05, 0.1) is 13.7 Å². The molecule has 0 fully saturated rings. The molecule has 2 rings (SSSR count). The van der Waals surface area contributed by atoms with E-state index in [1.807, 2.05) is 31.2 Å². The zero-order valence-corrected chi connectivity index (χ0v) is 14.5. The lowest BCUT2D eigenvalue weighted by Gasteiger charge is -2.08. The van der Waals surface area contributed by atoms with Crippen molar-refractivity contribution in [3.8, 4) is 11.5 Å². The van der Waals surface area contributed by atoms with Crippen molar-refractivity contribution in [2.75, 3.05) is 13.7 Å². The van der Waals surface area contributed by atoms with Crippen LogP contribution in [-0.2, 0) is 6.42 Å². The number of ether oxygens (including phenoxy) is 2. The van der Waals surface area contributed by atoms with Crippen LogP contribution in [0.4, 0.5) is 0 Å². The maximum Gasteiger partial charge on any atom is 0.172 e. The smallest absolute Gasteiger partial charge is 0.172 e. The van der Waals surface area contributed by atoms with Gasteiger partial charge in [0, 0.05) is 5.69 Å². The minimum absolute atomic E-state index is 0.384. The van der Waals surface area contributed by atoms with Crippen LogP contribution in [0.3, 0.4) is 0 Å². The molecule has 4 heteroatoms. The van der Waals surface area contributed by atoms with Gasteiger partial charge in [-0.05, 0) is 56.0 Å². The van der Waals surface area contributed by atoms with Crippen molar-refractivity contribution in [3.63, 3.8) is 0 Å². The fourth-order valence-corrected chi connectivity index (χ4v) is 2.53. The molecule has 0 spiro atoms. The van der Waals surface area contributed by atoms with Gasteiger partial charge in [0.25, 0.3) is 0 Å². The summed E-state index contributed by atoms with van der Waals surface area (Å²) < 4.78 is 10.8. The average Bonchev–Trinajstić information content (AvgIpc) is 2.62. The number of methoxy groups -OCH3 is 1. The maximum atomic E-state index is 11.0. The van der Waals surface area contributed by atoms with Crippen LogP contribution in [0, 0.1) is 6.92 Å². The highest BCUT2D eigenvalue weighted by molar-refractivity contribution is 5.76. The van der Waals surface area contributed by atoms with Crippen LogP contribution < -0.4 is 9.47 Å². The first-order chi connectivity index (χ1) is 11.7. The molecule has 1 heterocycles. The molecule has 0 radical (unpaired) electrons. The molecule has 2 aromatic rings. The van der Waals surface area contributed by atoms with Crippen LogP contribution in [0.25, 0.3) is 0 Å². The molecule has 1 aromatic carbocycles. The lowest BCUT2D eigenvalue weighted by molar-refractivity contribution is 0.111. The summed E-state index contributed by atoms with van der Waals surface area (Å²) in [4.78, 5) is 15.1. The van der Waals surface area contributed by atoms with Crippen LogP contribution in [0.1, 0.15) is 47.4 Å². The van der Waals surface area contributed by atoms with Crippen LogP contribution in [0.15, 0.2) is 36.4 Å². The molecule has 0 aliphatic carbocycles. The number of aromatic nitrogens is 1. The maximum absolute atomic E-state index is 11.0. The Bertz CT molecular complexity index is 638.